The van der Waals surface area contributed by atoms with E-state index in [-0.39, 0.29) is 6.10 Å². The average Bonchev–Trinajstić information content (AvgIpc) is 2.01. The Morgan fingerprint density at radius 3 is 2.85 bits per heavy atom. The van der Waals surface area contributed by atoms with Crippen molar-refractivity contribution in [2.75, 3.05) is 26.8 Å². The normalized spacial score (nSPS) is 19.8. The highest BCUT2D eigenvalue weighted by atomic mass is 16.5. The number of rotatable bonds is 7. The van der Waals surface area contributed by atoms with E-state index in [1.54, 1.807) is 7.11 Å². The zero-order chi connectivity index (χ0) is 9.52. The molecular weight excluding hydrogens is 166 g/mol. The quantitative estimate of drug-likeness (QED) is 0.579. The molecule has 0 amide bonds. The number of aliphatic hydroxyl groups is 1. The van der Waals surface area contributed by atoms with Gasteiger partial charge in [-0.3, -0.25) is 0 Å². The summed E-state index contributed by atoms with van der Waals surface area (Å²) >= 11 is 0. The van der Waals surface area contributed by atoms with Gasteiger partial charge in [-0.25, -0.2) is 0 Å². The van der Waals surface area contributed by atoms with Gasteiger partial charge >= 0.3 is 0 Å². The van der Waals surface area contributed by atoms with Gasteiger partial charge in [0.2, 0.25) is 0 Å². The predicted octanol–water partition coefficient (Wildman–Crippen LogP) is 0.773. The first kappa shape index (κ1) is 11.0. The second-order valence-electron chi connectivity index (χ2n) is 3.90. The van der Waals surface area contributed by atoms with Crippen molar-refractivity contribution in [1.82, 2.24) is 5.32 Å². The molecule has 0 saturated heterocycles. The van der Waals surface area contributed by atoms with E-state index in [4.69, 9.17) is 4.74 Å². The van der Waals surface area contributed by atoms with Crippen molar-refractivity contribution in [2.45, 2.75) is 31.8 Å². The highest BCUT2D eigenvalue weighted by Gasteiger charge is 2.16. The highest BCUT2D eigenvalue weighted by molar-refractivity contribution is 4.70. The van der Waals surface area contributed by atoms with Crippen LogP contribution in [0.3, 0.4) is 0 Å². The lowest BCUT2D eigenvalue weighted by molar-refractivity contribution is 0.0642. The van der Waals surface area contributed by atoms with Gasteiger partial charge in [-0.1, -0.05) is 19.3 Å². The third-order valence-corrected chi connectivity index (χ3v) is 2.69. The molecule has 1 fully saturated rings. The molecule has 0 heterocycles. The first-order valence-electron chi connectivity index (χ1n) is 5.20. The molecule has 3 heteroatoms. The lowest BCUT2D eigenvalue weighted by atomic mass is 9.83. The fourth-order valence-corrected chi connectivity index (χ4v) is 1.61. The monoisotopic (exact) mass is 187 g/mol. The Morgan fingerprint density at radius 2 is 2.31 bits per heavy atom. The maximum Gasteiger partial charge on any atom is 0.0897 e. The molecule has 0 aromatic heterocycles. The largest absolute Gasteiger partial charge is 0.389 e. The molecule has 1 aliphatic rings. The van der Waals surface area contributed by atoms with Crippen molar-refractivity contribution in [3.8, 4) is 0 Å². The molecule has 1 rings (SSSR count). The van der Waals surface area contributed by atoms with Crippen LogP contribution in [-0.4, -0.2) is 38.0 Å². The topological polar surface area (TPSA) is 41.5 Å². The minimum absolute atomic E-state index is 0.355. The Bertz CT molecular complexity index is 126. The zero-order valence-electron chi connectivity index (χ0n) is 8.46. The van der Waals surface area contributed by atoms with Crippen LogP contribution in [0.5, 0.6) is 0 Å². The third kappa shape index (κ3) is 4.60. The number of ether oxygens (including phenoxy) is 1. The summed E-state index contributed by atoms with van der Waals surface area (Å²) in [6.07, 6.45) is 5.13. The summed E-state index contributed by atoms with van der Waals surface area (Å²) in [4.78, 5) is 0. The van der Waals surface area contributed by atoms with Crippen LogP contribution in [0.25, 0.3) is 0 Å². The standard InChI is InChI=1S/C10H21NO2/c1-13-8-10(12)7-11-6-5-9-3-2-4-9/h9-12H,2-8H2,1H3. The van der Waals surface area contributed by atoms with Gasteiger partial charge in [0.25, 0.3) is 0 Å². The second kappa shape index (κ2) is 6.35. The van der Waals surface area contributed by atoms with Crippen LogP contribution < -0.4 is 5.32 Å². The SMILES string of the molecule is COCC(O)CNCCC1CCC1. The van der Waals surface area contributed by atoms with Crippen molar-refractivity contribution in [2.24, 2.45) is 5.92 Å². The zero-order valence-corrected chi connectivity index (χ0v) is 8.46. The molecule has 1 aliphatic carbocycles. The summed E-state index contributed by atoms with van der Waals surface area (Å²) < 4.78 is 4.82. The summed E-state index contributed by atoms with van der Waals surface area (Å²) in [5, 5.41) is 12.5. The smallest absolute Gasteiger partial charge is 0.0897 e. The number of aliphatic hydroxyl groups excluding tert-OH is 1. The molecule has 0 spiro atoms. The minimum atomic E-state index is -0.355. The van der Waals surface area contributed by atoms with E-state index in [1.807, 2.05) is 0 Å². The van der Waals surface area contributed by atoms with Crippen molar-refractivity contribution in [3.63, 3.8) is 0 Å². The fourth-order valence-electron chi connectivity index (χ4n) is 1.61. The first-order chi connectivity index (χ1) is 6.33. The number of methoxy groups -OCH3 is 1. The van der Waals surface area contributed by atoms with Gasteiger partial charge in [0.1, 0.15) is 0 Å². The molecule has 0 aliphatic heterocycles. The van der Waals surface area contributed by atoms with E-state index in [0.717, 1.165) is 12.5 Å². The van der Waals surface area contributed by atoms with Crippen LogP contribution >= 0.6 is 0 Å². The molecule has 0 bridgehead atoms. The van der Waals surface area contributed by atoms with Gasteiger partial charge in [-0.15, -0.1) is 0 Å². The Balaban J connectivity index is 1.82. The molecule has 0 aromatic rings. The molecule has 1 unspecified atom stereocenters. The van der Waals surface area contributed by atoms with Gasteiger partial charge in [0.15, 0.2) is 0 Å². The van der Waals surface area contributed by atoms with Crippen LogP contribution in [0.4, 0.5) is 0 Å². The van der Waals surface area contributed by atoms with Gasteiger partial charge in [-0.05, 0) is 18.9 Å². The fraction of sp³-hybridized carbons (Fsp3) is 1.00. The summed E-state index contributed by atoms with van der Waals surface area (Å²) in [5.41, 5.74) is 0. The molecule has 1 atom stereocenters. The van der Waals surface area contributed by atoms with Gasteiger partial charge < -0.3 is 15.2 Å². The van der Waals surface area contributed by atoms with Crippen molar-refractivity contribution >= 4 is 0 Å². The molecule has 1 saturated carbocycles. The van der Waals surface area contributed by atoms with Crippen molar-refractivity contribution in [3.05, 3.63) is 0 Å². The Morgan fingerprint density at radius 1 is 1.54 bits per heavy atom. The highest BCUT2D eigenvalue weighted by Crippen LogP contribution is 2.28. The van der Waals surface area contributed by atoms with Crippen molar-refractivity contribution in [1.29, 1.82) is 0 Å². The van der Waals surface area contributed by atoms with Gasteiger partial charge in [0.05, 0.1) is 12.7 Å². The van der Waals surface area contributed by atoms with Crippen molar-refractivity contribution < 1.29 is 9.84 Å². The number of hydrogen-bond acceptors (Lipinski definition) is 3. The lowest BCUT2D eigenvalue weighted by Gasteiger charge is -2.25. The molecule has 2 N–H and O–H groups in total. The van der Waals surface area contributed by atoms with E-state index in [0.29, 0.717) is 13.2 Å². The second-order valence-corrected chi connectivity index (χ2v) is 3.90. The number of nitrogens with one attached hydrogen (secondary N) is 1. The maximum absolute atomic E-state index is 9.30. The average molecular weight is 187 g/mol. The summed E-state index contributed by atoms with van der Waals surface area (Å²) in [7, 11) is 1.61. The van der Waals surface area contributed by atoms with E-state index in [9.17, 15) is 5.11 Å². The Kier molecular flexibility index (Phi) is 5.35. The third-order valence-electron chi connectivity index (χ3n) is 2.69. The predicted molar refractivity (Wildman–Crippen MR) is 52.7 cm³/mol. The molecular formula is C10H21NO2. The first-order valence-corrected chi connectivity index (χ1v) is 5.20. The van der Waals surface area contributed by atoms with E-state index < -0.39 is 0 Å². The maximum atomic E-state index is 9.30. The van der Waals surface area contributed by atoms with E-state index in [1.165, 1.54) is 25.7 Å². The molecule has 3 nitrogen and oxygen atoms in total. The summed E-state index contributed by atoms with van der Waals surface area (Å²) in [5.74, 6) is 0.951. The van der Waals surface area contributed by atoms with Gasteiger partial charge in [-0.2, -0.15) is 0 Å². The minimum Gasteiger partial charge on any atom is -0.389 e. The van der Waals surface area contributed by atoms with Gasteiger partial charge in [0, 0.05) is 13.7 Å². The molecule has 13 heavy (non-hydrogen) atoms. The molecule has 0 aromatic carbocycles. The van der Waals surface area contributed by atoms with E-state index >= 15 is 0 Å². The van der Waals surface area contributed by atoms with Crippen LogP contribution in [0.2, 0.25) is 0 Å². The van der Waals surface area contributed by atoms with Crippen LogP contribution in [-0.2, 0) is 4.74 Å². The number of hydrogen-bond donors (Lipinski definition) is 2. The van der Waals surface area contributed by atoms with E-state index in [2.05, 4.69) is 5.32 Å². The molecule has 78 valence electrons. The van der Waals surface area contributed by atoms with Crippen LogP contribution in [0.1, 0.15) is 25.7 Å². The van der Waals surface area contributed by atoms with Crippen LogP contribution in [0, 0.1) is 5.92 Å². The van der Waals surface area contributed by atoms with Crippen LogP contribution in [0.15, 0.2) is 0 Å². The summed E-state index contributed by atoms with van der Waals surface area (Å²) in [6.45, 7) is 2.11. The molecule has 0 radical (unpaired) electrons. The lowest BCUT2D eigenvalue weighted by Crippen LogP contribution is -2.31. The Hall–Kier alpha value is -0.120. The summed E-state index contributed by atoms with van der Waals surface area (Å²) in [6, 6.07) is 0. The Labute approximate surface area is 80.5 Å².